The number of carbonyl (C=O) groups excluding carboxylic acids is 1. The minimum absolute atomic E-state index is 0.235. The van der Waals surface area contributed by atoms with Gasteiger partial charge in [-0.15, -0.1) is 11.3 Å². The fraction of sp³-hybridized carbons (Fsp3) is 0.333. The fourth-order valence-electron chi connectivity index (χ4n) is 1.90. The summed E-state index contributed by atoms with van der Waals surface area (Å²) in [5.41, 5.74) is 4.14. The first-order chi connectivity index (χ1) is 9.54. The lowest BCUT2D eigenvalue weighted by molar-refractivity contribution is -0.146. The molecule has 0 radical (unpaired) electrons. The van der Waals surface area contributed by atoms with Crippen LogP contribution in [0.1, 0.15) is 25.1 Å². The highest BCUT2D eigenvalue weighted by Crippen LogP contribution is 2.26. The normalized spacial score (nSPS) is 11.2. The number of carbonyl (C=O) groups is 1. The standard InChI is InChI=1S/C15H18N2O2S/c1-15(2,14(18)19-3)11-4-6-12(7-5-11)16-8-13-9-20-10-17-13/h4-7,9-10,16H,8H2,1-3H3. The van der Waals surface area contributed by atoms with Gasteiger partial charge in [-0.1, -0.05) is 12.1 Å². The molecule has 106 valence electrons. The van der Waals surface area contributed by atoms with Gasteiger partial charge in [-0.25, -0.2) is 4.98 Å². The zero-order chi connectivity index (χ0) is 14.6. The van der Waals surface area contributed by atoms with Gasteiger partial charge in [-0.3, -0.25) is 4.79 Å². The Hall–Kier alpha value is -1.88. The first-order valence-electron chi connectivity index (χ1n) is 6.34. The maximum absolute atomic E-state index is 11.8. The van der Waals surface area contributed by atoms with Gasteiger partial charge in [0.1, 0.15) is 0 Å². The largest absolute Gasteiger partial charge is 0.468 e. The quantitative estimate of drug-likeness (QED) is 0.859. The van der Waals surface area contributed by atoms with Gasteiger partial charge in [-0.05, 0) is 31.5 Å². The molecule has 2 aromatic rings. The van der Waals surface area contributed by atoms with E-state index in [1.165, 1.54) is 7.11 Å². The lowest BCUT2D eigenvalue weighted by atomic mass is 9.85. The third-order valence-electron chi connectivity index (χ3n) is 3.26. The van der Waals surface area contributed by atoms with E-state index < -0.39 is 5.41 Å². The van der Waals surface area contributed by atoms with Crippen LogP contribution < -0.4 is 5.32 Å². The summed E-state index contributed by atoms with van der Waals surface area (Å²) in [5, 5.41) is 5.31. The molecule has 1 N–H and O–H groups in total. The molecule has 0 aliphatic heterocycles. The Morgan fingerprint density at radius 1 is 1.35 bits per heavy atom. The van der Waals surface area contributed by atoms with E-state index in [0.717, 1.165) is 16.9 Å². The van der Waals surface area contributed by atoms with Crippen LogP contribution >= 0.6 is 11.3 Å². The van der Waals surface area contributed by atoms with Crippen molar-refractivity contribution in [3.05, 3.63) is 46.4 Å². The molecule has 0 fully saturated rings. The summed E-state index contributed by atoms with van der Waals surface area (Å²) in [4.78, 5) is 16.0. The molecule has 2 rings (SSSR count). The van der Waals surface area contributed by atoms with Crippen LogP contribution in [0.25, 0.3) is 0 Å². The molecular formula is C15H18N2O2S. The van der Waals surface area contributed by atoms with Gasteiger partial charge in [0.25, 0.3) is 0 Å². The molecule has 0 aliphatic rings. The third kappa shape index (κ3) is 3.17. The number of methoxy groups -OCH3 is 1. The Morgan fingerprint density at radius 3 is 2.60 bits per heavy atom. The summed E-state index contributed by atoms with van der Waals surface area (Å²) in [6.45, 7) is 4.41. The number of hydrogen-bond acceptors (Lipinski definition) is 5. The molecule has 0 aliphatic carbocycles. The van der Waals surface area contributed by atoms with Gasteiger partial charge in [0.05, 0.1) is 30.3 Å². The number of ether oxygens (including phenoxy) is 1. The number of aromatic nitrogens is 1. The highest BCUT2D eigenvalue weighted by molar-refractivity contribution is 7.07. The minimum atomic E-state index is -0.637. The molecule has 1 heterocycles. The van der Waals surface area contributed by atoms with Gasteiger partial charge in [-0.2, -0.15) is 0 Å². The fourth-order valence-corrected chi connectivity index (χ4v) is 2.45. The molecule has 20 heavy (non-hydrogen) atoms. The molecule has 0 spiro atoms. The van der Waals surface area contributed by atoms with Crippen LogP contribution in [0.2, 0.25) is 0 Å². The second kappa shape index (κ2) is 6.05. The number of esters is 1. The van der Waals surface area contributed by atoms with Crippen LogP contribution in [0, 0.1) is 0 Å². The molecule has 0 bridgehead atoms. The first-order valence-corrected chi connectivity index (χ1v) is 7.28. The summed E-state index contributed by atoms with van der Waals surface area (Å²) in [5.74, 6) is -0.235. The van der Waals surface area contributed by atoms with Crippen LogP contribution in [0.3, 0.4) is 0 Å². The van der Waals surface area contributed by atoms with Crippen molar-refractivity contribution in [2.75, 3.05) is 12.4 Å². The molecule has 1 aromatic carbocycles. The Morgan fingerprint density at radius 2 is 2.05 bits per heavy atom. The second-order valence-electron chi connectivity index (χ2n) is 5.03. The molecule has 0 atom stereocenters. The van der Waals surface area contributed by atoms with E-state index in [2.05, 4.69) is 10.3 Å². The van der Waals surface area contributed by atoms with Crippen LogP contribution in [0.4, 0.5) is 5.69 Å². The zero-order valence-electron chi connectivity index (χ0n) is 11.8. The number of nitrogens with zero attached hydrogens (tertiary/aromatic N) is 1. The van der Waals surface area contributed by atoms with Gasteiger partial charge in [0.2, 0.25) is 0 Å². The third-order valence-corrected chi connectivity index (χ3v) is 3.89. The summed E-state index contributed by atoms with van der Waals surface area (Å²) in [6, 6.07) is 7.82. The van der Waals surface area contributed by atoms with Gasteiger partial charge >= 0.3 is 5.97 Å². The highest BCUT2D eigenvalue weighted by Gasteiger charge is 2.30. The van der Waals surface area contributed by atoms with Gasteiger partial charge < -0.3 is 10.1 Å². The Bertz CT molecular complexity index is 562. The SMILES string of the molecule is COC(=O)C(C)(C)c1ccc(NCc2cscn2)cc1. The van der Waals surface area contributed by atoms with Crippen LogP contribution in [0.5, 0.6) is 0 Å². The number of benzene rings is 1. The highest BCUT2D eigenvalue weighted by atomic mass is 32.1. The Balaban J connectivity index is 2.04. The van der Waals surface area contributed by atoms with Crippen molar-refractivity contribution in [3.63, 3.8) is 0 Å². The molecule has 0 unspecified atom stereocenters. The molecule has 0 saturated heterocycles. The van der Waals surface area contributed by atoms with Crippen molar-refractivity contribution in [1.82, 2.24) is 4.98 Å². The second-order valence-corrected chi connectivity index (χ2v) is 5.75. The van der Waals surface area contributed by atoms with Crippen LogP contribution in [0.15, 0.2) is 35.2 Å². The molecule has 0 amide bonds. The summed E-state index contributed by atoms with van der Waals surface area (Å²) in [6.07, 6.45) is 0. The van der Waals surface area contributed by atoms with Gasteiger partial charge in [0.15, 0.2) is 0 Å². The number of hydrogen-bond donors (Lipinski definition) is 1. The minimum Gasteiger partial charge on any atom is -0.468 e. The van der Waals surface area contributed by atoms with Crippen molar-refractivity contribution in [2.45, 2.75) is 25.8 Å². The number of nitrogens with one attached hydrogen (secondary N) is 1. The topological polar surface area (TPSA) is 51.2 Å². The lowest BCUT2D eigenvalue weighted by Gasteiger charge is -2.22. The number of thiazole rings is 1. The smallest absolute Gasteiger partial charge is 0.315 e. The van der Waals surface area contributed by atoms with Crippen LogP contribution in [-0.2, 0) is 21.5 Å². The van der Waals surface area contributed by atoms with E-state index in [9.17, 15) is 4.79 Å². The zero-order valence-corrected chi connectivity index (χ0v) is 12.7. The Labute approximate surface area is 122 Å². The monoisotopic (exact) mass is 290 g/mol. The molecule has 5 heteroatoms. The molecule has 0 saturated carbocycles. The van der Waals surface area contributed by atoms with E-state index in [4.69, 9.17) is 4.74 Å². The predicted octanol–water partition coefficient (Wildman–Crippen LogP) is 3.21. The van der Waals surface area contributed by atoms with Crippen molar-refractivity contribution < 1.29 is 9.53 Å². The average Bonchev–Trinajstić information content (AvgIpc) is 2.98. The molecular weight excluding hydrogens is 272 g/mol. The maximum atomic E-state index is 11.8. The predicted molar refractivity (Wildman–Crippen MR) is 80.9 cm³/mol. The van der Waals surface area contributed by atoms with E-state index in [-0.39, 0.29) is 5.97 Å². The maximum Gasteiger partial charge on any atom is 0.315 e. The molecule has 1 aromatic heterocycles. The van der Waals surface area contributed by atoms with Crippen molar-refractivity contribution in [2.24, 2.45) is 0 Å². The summed E-state index contributed by atoms with van der Waals surface area (Å²) in [7, 11) is 1.41. The van der Waals surface area contributed by atoms with Crippen molar-refractivity contribution in [1.29, 1.82) is 0 Å². The summed E-state index contributed by atoms with van der Waals surface area (Å²) >= 11 is 1.58. The van der Waals surface area contributed by atoms with Crippen molar-refractivity contribution in [3.8, 4) is 0 Å². The van der Waals surface area contributed by atoms with E-state index in [0.29, 0.717) is 6.54 Å². The Kier molecular flexibility index (Phi) is 4.39. The summed E-state index contributed by atoms with van der Waals surface area (Å²) < 4.78 is 4.83. The molecule has 4 nitrogen and oxygen atoms in total. The van der Waals surface area contributed by atoms with Crippen molar-refractivity contribution >= 4 is 23.0 Å². The van der Waals surface area contributed by atoms with E-state index in [1.807, 2.05) is 49.0 Å². The van der Waals surface area contributed by atoms with Crippen LogP contribution in [-0.4, -0.2) is 18.1 Å². The van der Waals surface area contributed by atoms with Gasteiger partial charge in [0, 0.05) is 11.1 Å². The van der Waals surface area contributed by atoms with E-state index >= 15 is 0 Å². The number of anilines is 1. The lowest BCUT2D eigenvalue weighted by Crippen LogP contribution is -2.30. The van der Waals surface area contributed by atoms with E-state index in [1.54, 1.807) is 11.3 Å². The number of rotatable bonds is 5. The first kappa shape index (κ1) is 14.5. The average molecular weight is 290 g/mol.